The second-order valence-electron chi connectivity index (χ2n) is 8.12. The van der Waals surface area contributed by atoms with Crippen LogP contribution in [0.2, 0.25) is 0 Å². The highest BCUT2D eigenvalue weighted by Crippen LogP contribution is 2.36. The Morgan fingerprint density at radius 2 is 1.94 bits per heavy atom. The fourth-order valence-corrected chi connectivity index (χ4v) is 4.34. The highest BCUT2D eigenvalue weighted by atomic mass is 16.6. The van der Waals surface area contributed by atoms with Crippen molar-refractivity contribution >= 4 is 34.5 Å². The number of allylic oxidation sites excluding steroid dienone is 1. The molecule has 1 aromatic heterocycles. The molecule has 0 radical (unpaired) electrons. The van der Waals surface area contributed by atoms with E-state index in [0.717, 1.165) is 52.6 Å². The van der Waals surface area contributed by atoms with E-state index in [1.54, 1.807) is 0 Å². The van der Waals surface area contributed by atoms with Gasteiger partial charge in [0.05, 0.1) is 23.4 Å². The van der Waals surface area contributed by atoms with E-state index in [1.807, 2.05) is 24.3 Å². The molecule has 0 N–H and O–H groups in total. The number of cyclic esters (lactones) is 1. The van der Waals surface area contributed by atoms with Gasteiger partial charge in [-0.15, -0.1) is 0 Å². The van der Waals surface area contributed by atoms with E-state index in [1.165, 1.54) is 5.56 Å². The van der Waals surface area contributed by atoms with E-state index in [9.17, 15) is 9.59 Å². The number of hydrogen-bond acceptors (Lipinski definition) is 5. The van der Waals surface area contributed by atoms with E-state index in [0.29, 0.717) is 12.0 Å². The molecule has 5 rings (SSSR count). The lowest BCUT2D eigenvalue weighted by molar-refractivity contribution is -0.145. The summed E-state index contributed by atoms with van der Waals surface area (Å²) in [4.78, 5) is 30.0. The molecule has 156 valence electrons. The summed E-state index contributed by atoms with van der Waals surface area (Å²) in [5, 5.41) is 0.759. The normalized spacial score (nSPS) is 19.3. The Bertz CT molecular complexity index is 1210. The molecular weight excluding hydrogens is 390 g/mol. The van der Waals surface area contributed by atoms with E-state index in [2.05, 4.69) is 37.3 Å². The lowest BCUT2D eigenvalue weighted by Crippen LogP contribution is -2.24. The molecule has 2 aliphatic rings. The van der Waals surface area contributed by atoms with Gasteiger partial charge in [0, 0.05) is 11.8 Å². The Labute approximate surface area is 180 Å². The summed E-state index contributed by atoms with van der Waals surface area (Å²) in [6, 6.07) is 16.0. The van der Waals surface area contributed by atoms with Crippen molar-refractivity contribution in [2.75, 3.05) is 6.61 Å². The third kappa shape index (κ3) is 3.72. The molecule has 1 fully saturated rings. The van der Waals surface area contributed by atoms with Crippen LogP contribution in [0.4, 0.5) is 0 Å². The van der Waals surface area contributed by atoms with Gasteiger partial charge in [0.15, 0.2) is 0 Å². The van der Waals surface area contributed by atoms with Crippen LogP contribution in [-0.2, 0) is 20.7 Å². The topological polar surface area (TPSA) is 65.5 Å². The van der Waals surface area contributed by atoms with Crippen molar-refractivity contribution in [2.45, 2.75) is 38.7 Å². The summed E-state index contributed by atoms with van der Waals surface area (Å²) in [5.41, 5.74) is 6.47. The fraction of sp³-hybridized carbons (Fsp3) is 0.269. The zero-order valence-corrected chi connectivity index (χ0v) is 17.4. The SMILES string of the molecule is Cc1ccc(/C=C2\CCCc3c2nc2ccccc2c3C(=O)O[C@H]2CCOC2=O)cc1. The monoisotopic (exact) mass is 413 g/mol. The van der Waals surface area contributed by atoms with Crippen molar-refractivity contribution in [1.82, 2.24) is 4.98 Å². The number of rotatable bonds is 3. The minimum Gasteiger partial charge on any atom is -0.463 e. The van der Waals surface area contributed by atoms with Crippen molar-refractivity contribution in [1.29, 1.82) is 0 Å². The molecule has 5 heteroatoms. The van der Waals surface area contributed by atoms with Crippen LogP contribution in [0.1, 0.15) is 52.0 Å². The molecule has 5 nitrogen and oxygen atoms in total. The predicted molar refractivity (Wildman–Crippen MR) is 119 cm³/mol. The molecule has 1 saturated heterocycles. The third-order valence-electron chi connectivity index (χ3n) is 5.93. The number of para-hydroxylation sites is 1. The Kier molecular flexibility index (Phi) is 5.02. The van der Waals surface area contributed by atoms with Gasteiger partial charge in [0.25, 0.3) is 0 Å². The van der Waals surface area contributed by atoms with Crippen molar-refractivity contribution in [3.8, 4) is 0 Å². The highest BCUT2D eigenvalue weighted by molar-refractivity contribution is 6.07. The molecular formula is C26H23NO4. The smallest absolute Gasteiger partial charge is 0.347 e. The molecule has 1 atom stereocenters. The average Bonchev–Trinajstić information content (AvgIpc) is 3.18. The number of aryl methyl sites for hydroxylation is 1. The number of carbonyl (C=O) groups is 2. The summed E-state index contributed by atoms with van der Waals surface area (Å²) in [6.45, 7) is 2.36. The van der Waals surface area contributed by atoms with Gasteiger partial charge in [-0.2, -0.15) is 0 Å². The number of hydrogen-bond donors (Lipinski definition) is 0. The van der Waals surface area contributed by atoms with E-state index in [4.69, 9.17) is 14.5 Å². The minimum atomic E-state index is -0.832. The molecule has 1 aliphatic heterocycles. The van der Waals surface area contributed by atoms with Gasteiger partial charge in [-0.1, -0.05) is 48.0 Å². The van der Waals surface area contributed by atoms with Gasteiger partial charge in [0.2, 0.25) is 6.10 Å². The molecule has 0 amide bonds. The van der Waals surface area contributed by atoms with Crippen LogP contribution in [0.5, 0.6) is 0 Å². The second-order valence-corrected chi connectivity index (χ2v) is 8.12. The van der Waals surface area contributed by atoms with Crippen LogP contribution in [0.25, 0.3) is 22.6 Å². The Morgan fingerprint density at radius 1 is 1.13 bits per heavy atom. The van der Waals surface area contributed by atoms with Gasteiger partial charge < -0.3 is 9.47 Å². The second kappa shape index (κ2) is 7.99. The first-order valence-corrected chi connectivity index (χ1v) is 10.7. The summed E-state index contributed by atoms with van der Waals surface area (Å²) in [5.74, 6) is -0.948. The van der Waals surface area contributed by atoms with Gasteiger partial charge in [-0.25, -0.2) is 14.6 Å². The number of pyridine rings is 1. The molecule has 2 aromatic carbocycles. The zero-order chi connectivity index (χ0) is 21.4. The maximum Gasteiger partial charge on any atom is 0.347 e. The highest BCUT2D eigenvalue weighted by Gasteiger charge is 2.33. The minimum absolute atomic E-state index is 0.287. The maximum absolute atomic E-state index is 13.3. The van der Waals surface area contributed by atoms with Gasteiger partial charge in [0.1, 0.15) is 0 Å². The van der Waals surface area contributed by atoms with E-state index in [-0.39, 0.29) is 6.61 Å². The lowest BCUT2D eigenvalue weighted by Gasteiger charge is -2.23. The summed E-state index contributed by atoms with van der Waals surface area (Å²) in [7, 11) is 0. The first-order valence-electron chi connectivity index (χ1n) is 10.7. The van der Waals surface area contributed by atoms with E-state index >= 15 is 0 Å². The molecule has 31 heavy (non-hydrogen) atoms. The van der Waals surface area contributed by atoms with Gasteiger partial charge in [-0.05, 0) is 55.0 Å². The molecule has 0 bridgehead atoms. The molecule has 0 spiro atoms. The number of benzene rings is 2. The van der Waals surface area contributed by atoms with Crippen molar-refractivity contribution in [2.24, 2.45) is 0 Å². The first kappa shape index (κ1) is 19.5. The Morgan fingerprint density at radius 3 is 2.71 bits per heavy atom. The van der Waals surface area contributed by atoms with Crippen LogP contribution in [0, 0.1) is 6.92 Å². The predicted octanol–water partition coefficient (Wildman–Crippen LogP) is 4.89. The quantitative estimate of drug-likeness (QED) is 0.572. The molecule has 0 saturated carbocycles. The number of aromatic nitrogens is 1. The zero-order valence-electron chi connectivity index (χ0n) is 17.4. The van der Waals surface area contributed by atoms with Crippen LogP contribution in [-0.4, -0.2) is 29.6 Å². The van der Waals surface area contributed by atoms with Gasteiger partial charge in [-0.3, -0.25) is 0 Å². The number of ether oxygens (including phenoxy) is 2. The van der Waals surface area contributed by atoms with Crippen LogP contribution >= 0.6 is 0 Å². The van der Waals surface area contributed by atoms with Crippen LogP contribution in [0.15, 0.2) is 48.5 Å². The standard InChI is InChI=1S/C26H23NO4/c1-16-9-11-17(12-10-16)15-18-5-4-7-20-23(26(29)31-22-13-14-30-25(22)28)19-6-2-3-8-21(19)27-24(18)20/h2-3,6,8-12,15,22H,4-5,7,13-14H2,1H3/b18-15+/t22-/m0/s1. The average molecular weight is 413 g/mol. The van der Waals surface area contributed by atoms with Gasteiger partial charge >= 0.3 is 11.9 Å². The third-order valence-corrected chi connectivity index (χ3v) is 5.93. The molecule has 2 heterocycles. The number of nitrogens with zero attached hydrogens (tertiary/aromatic N) is 1. The summed E-state index contributed by atoms with van der Waals surface area (Å²) >= 11 is 0. The Balaban J connectivity index is 1.63. The van der Waals surface area contributed by atoms with Crippen molar-refractivity contribution in [3.63, 3.8) is 0 Å². The number of esters is 2. The van der Waals surface area contributed by atoms with Crippen LogP contribution in [0.3, 0.4) is 0 Å². The molecule has 0 unspecified atom stereocenters. The Hall–Kier alpha value is -3.47. The first-order chi connectivity index (χ1) is 15.1. The largest absolute Gasteiger partial charge is 0.463 e. The maximum atomic E-state index is 13.3. The number of fused-ring (bicyclic) bond motifs is 2. The number of carbonyl (C=O) groups excluding carboxylic acids is 2. The van der Waals surface area contributed by atoms with Crippen LogP contribution < -0.4 is 0 Å². The summed E-state index contributed by atoms with van der Waals surface area (Å²) in [6.07, 6.45) is 4.29. The van der Waals surface area contributed by atoms with Crippen molar-refractivity contribution < 1.29 is 19.1 Å². The van der Waals surface area contributed by atoms with Crippen molar-refractivity contribution in [3.05, 3.63) is 76.5 Å². The fourth-order valence-electron chi connectivity index (χ4n) is 4.34. The molecule has 3 aromatic rings. The van der Waals surface area contributed by atoms with E-state index < -0.39 is 18.0 Å². The summed E-state index contributed by atoms with van der Waals surface area (Å²) < 4.78 is 10.5. The molecule has 1 aliphatic carbocycles. The lowest BCUT2D eigenvalue weighted by atomic mass is 9.86.